The SMILES string of the molecule is CC(C)(CC(CCC(N)=O)c1nc2ccccc2s1)NC(=O)O. The van der Waals surface area contributed by atoms with Crippen LogP contribution in [0.3, 0.4) is 0 Å². The molecule has 2 rings (SSSR count). The second-order valence-electron chi connectivity index (χ2n) is 6.24. The molecule has 0 aliphatic heterocycles. The molecule has 124 valence electrons. The first-order chi connectivity index (χ1) is 10.8. The Kier molecular flexibility index (Phi) is 5.20. The number of nitrogens with two attached hydrogens (primary N) is 1. The van der Waals surface area contributed by atoms with Gasteiger partial charge in [-0.05, 0) is 38.8 Å². The van der Waals surface area contributed by atoms with Gasteiger partial charge in [0.25, 0.3) is 0 Å². The molecule has 0 spiro atoms. The van der Waals surface area contributed by atoms with Crippen LogP contribution in [0.15, 0.2) is 24.3 Å². The van der Waals surface area contributed by atoms with E-state index < -0.39 is 11.6 Å². The number of fused-ring (bicyclic) bond motifs is 1. The van der Waals surface area contributed by atoms with Crippen LogP contribution in [-0.2, 0) is 4.79 Å². The van der Waals surface area contributed by atoms with Crippen molar-refractivity contribution in [2.45, 2.75) is 44.6 Å². The van der Waals surface area contributed by atoms with Gasteiger partial charge >= 0.3 is 6.09 Å². The number of carboxylic acid groups (broad SMARTS) is 1. The first kappa shape index (κ1) is 17.2. The van der Waals surface area contributed by atoms with Crippen molar-refractivity contribution in [2.24, 2.45) is 5.73 Å². The van der Waals surface area contributed by atoms with Crippen LogP contribution in [0, 0.1) is 0 Å². The van der Waals surface area contributed by atoms with Gasteiger partial charge in [-0.25, -0.2) is 9.78 Å². The fourth-order valence-corrected chi connectivity index (χ4v) is 3.75. The first-order valence-electron chi connectivity index (χ1n) is 7.42. The van der Waals surface area contributed by atoms with Crippen LogP contribution in [-0.4, -0.2) is 27.6 Å². The van der Waals surface area contributed by atoms with Crippen molar-refractivity contribution in [3.8, 4) is 0 Å². The van der Waals surface area contributed by atoms with E-state index in [-0.39, 0.29) is 18.2 Å². The summed E-state index contributed by atoms with van der Waals surface area (Å²) in [5, 5.41) is 12.4. The molecule has 4 N–H and O–H groups in total. The molecule has 0 saturated heterocycles. The number of rotatable bonds is 7. The van der Waals surface area contributed by atoms with Gasteiger partial charge in [0.2, 0.25) is 5.91 Å². The Bertz CT molecular complexity index is 678. The highest BCUT2D eigenvalue weighted by atomic mass is 32.1. The highest BCUT2D eigenvalue weighted by Gasteiger charge is 2.28. The maximum atomic E-state index is 11.1. The summed E-state index contributed by atoms with van der Waals surface area (Å²) in [6.45, 7) is 3.65. The molecule has 1 aromatic carbocycles. The third kappa shape index (κ3) is 4.92. The van der Waals surface area contributed by atoms with Crippen molar-refractivity contribution in [1.29, 1.82) is 0 Å². The number of nitrogens with one attached hydrogen (secondary N) is 1. The Morgan fingerprint density at radius 1 is 1.39 bits per heavy atom. The van der Waals surface area contributed by atoms with Gasteiger partial charge in [-0.2, -0.15) is 0 Å². The standard InChI is InChI=1S/C16H21N3O3S/c1-16(2,19-15(21)22)9-10(7-8-13(17)20)14-18-11-5-3-4-6-12(11)23-14/h3-6,10,19H,7-9H2,1-2H3,(H2,17,20)(H,21,22). The van der Waals surface area contributed by atoms with Crippen LogP contribution in [0.25, 0.3) is 10.2 Å². The molecule has 0 bridgehead atoms. The number of para-hydroxylation sites is 1. The summed E-state index contributed by atoms with van der Waals surface area (Å²) in [7, 11) is 0. The van der Waals surface area contributed by atoms with Crippen LogP contribution in [0.2, 0.25) is 0 Å². The van der Waals surface area contributed by atoms with Crippen molar-refractivity contribution in [3.05, 3.63) is 29.3 Å². The van der Waals surface area contributed by atoms with Crippen LogP contribution >= 0.6 is 11.3 Å². The molecular formula is C16H21N3O3S. The Morgan fingerprint density at radius 3 is 2.70 bits per heavy atom. The van der Waals surface area contributed by atoms with Gasteiger partial charge in [0.1, 0.15) is 0 Å². The number of nitrogens with zero attached hydrogens (tertiary/aromatic N) is 1. The third-order valence-electron chi connectivity index (χ3n) is 3.60. The predicted molar refractivity (Wildman–Crippen MR) is 90.6 cm³/mol. The van der Waals surface area contributed by atoms with Crippen molar-refractivity contribution in [1.82, 2.24) is 10.3 Å². The summed E-state index contributed by atoms with van der Waals surface area (Å²) in [6, 6.07) is 7.84. The summed E-state index contributed by atoms with van der Waals surface area (Å²) < 4.78 is 1.08. The largest absolute Gasteiger partial charge is 0.465 e. The van der Waals surface area contributed by atoms with Gasteiger partial charge in [-0.3, -0.25) is 4.79 Å². The first-order valence-corrected chi connectivity index (χ1v) is 8.23. The fraction of sp³-hybridized carbons (Fsp3) is 0.438. The molecule has 23 heavy (non-hydrogen) atoms. The number of carbonyl (C=O) groups excluding carboxylic acids is 1. The minimum atomic E-state index is -1.06. The minimum absolute atomic E-state index is 0.0262. The summed E-state index contributed by atoms with van der Waals surface area (Å²) >= 11 is 1.58. The lowest BCUT2D eigenvalue weighted by Crippen LogP contribution is -2.43. The summed E-state index contributed by atoms with van der Waals surface area (Å²) in [5.74, 6) is -0.387. The van der Waals surface area contributed by atoms with E-state index in [4.69, 9.17) is 10.8 Å². The Morgan fingerprint density at radius 2 is 2.09 bits per heavy atom. The summed E-state index contributed by atoms with van der Waals surface area (Å²) in [5.41, 5.74) is 5.57. The van der Waals surface area contributed by atoms with E-state index >= 15 is 0 Å². The van der Waals surface area contributed by atoms with Gasteiger partial charge < -0.3 is 16.2 Å². The van der Waals surface area contributed by atoms with Gasteiger partial charge in [-0.15, -0.1) is 11.3 Å². The average Bonchev–Trinajstić information content (AvgIpc) is 2.85. The van der Waals surface area contributed by atoms with E-state index in [9.17, 15) is 9.59 Å². The van der Waals surface area contributed by atoms with Crippen LogP contribution in [0.5, 0.6) is 0 Å². The number of carbonyl (C=O) groups is 2. The van der Waals surface area contributed by atoms with E-state index in [1.54, 1.807) is 11.3 Å². The maximum Gasteiger partial charge on any atom is 0.405 e. The van der Waals surface area contributed by atoms with Crippen molar-refractivity contribution >= 4 is 33.6 Å². The lowest BCUT2D eigenvalue weighted by atomic mass is 9.88. The Hall–Kier alpha value is -2.15. The quantitative estimate of drug-likeness (QED) is 0.723. The number of benzene rings is 1. The lowest BCUT2D eigenvalue weighted by molar-refractivity contribution is -0.118. The number of primary amides is 1. The van der Waals surface area contributed by atoms with Crippen LogP contribution in [0.1, 0.15) is 44.0 Å². The molecule has 0 aliphatic rings. The molecule has 0 radical (unpaired) electrons. The fourth-order valence-electron chi connectivity index (χ4n) is 2.65. The molecule has 1 heterocycles. The molecule has 0 aliphatic carbocycles. The van der Waals surface area contributed by atoms with Gasteiger partial charge in [-0.1, -0.05) is 12.1 Å². The number of amides is 2. The molecule has 1 unspecified atom stereocenters. The second kappa shape index (κ2) is 6.95. The topological polar surface area (TPSA) is 105 Å². The minimum Gasteiger partial charge on any atom is -0.465 e. The monoisotopic (exact) mass is 335 g/mol. The van der Waals surface area contributed by atoms with Crippen molar-refractivity contribution < 1.29 is 14.7 Å². The zero-order chi connectivity index (χ0) is 17.0. The molecule has 1 aromatic heterocycles. The van der Waals surface area contributed by atoms with Gasteiger partial charge in [0.15, 0.2) is 0 Å². The van der Waals surface area contributed by atoms with E-state index in [1.165, 1.54) is 0 Å². The number of hydrogen-bond donors (Lipinski definition) is 3. The van der Waals surface area contributed by atoms with Gasteiger partial charge in [0.05, 0.1) is 15.2 Å². The Labute approximate surface area is 138 Å². The number of hydrogen-bond acceptors (Lipinski definition) is 4. The van der Waals surface area contributed by atoms with Gasteiger partial charge in [0, 0.05) is 17.9 Å². The molecule has 2 aromatic rings. The zero-order valence-electron chi connectivity index (χ0n) is 13.2. The van der Waals surface area contributed by atoms with E-state index in [1.807, 2.05) is 38.1 Å². The van der Waals surface area contributed by atoms with E-state index in [2.05, 4.69) is 10.3 Å². The molecule has 0 saturated carbocycles. The van der Waals surface area contributed by atoms with Crippen LogP contribution < -0.4 is 11.1 Å². The summed E-state index contributed by atoms with van der Waals surface area (Å²) in [4.78, 5) is 26.7. The molecular weight excluding hydrogens is 314 g/mol. The highest BCUT2D eigenvalue weighted by molar-refractivity contribution is 7.18. The smallest absolute Gasteiger partial charge is 0.405 e. The number of thiazole rings is 1. The number of aromatic nitrogens is 1. The summed E-state index contributed by atoms with van der Waals surface area (Å²) in [6.07, 6.45) is 0.295. The Balaban J connectivity index is 2.25. The molecule has 7 heteroatoms. The normalized spacial score (nSPS) is 13.0. The van der Waals surface area contributed by atoms with E-state index in [0.717, 1.165) is 15.2 Å². The lowest BCUT2D eigenvalue weighted by Gasteiger charge is -2.28. The second-order valence-corrected chi connectivity index (χ2v) is 7.30. The van der Waals surface area contributed by atoms with E-state index in [0.29, 0.717) is 12.8 Å². The molecule has 1 atom stereocenters. The van der Waals surface area contributed by atoms with Crippen molar-refractivity contribution in [3.63, 3.8) is 0 Å². The zero-order valence-corrected chi connectivity index (χ0v) is 14.0. The van der Waals surface area contributed by atoms with Crippen molar-refractivity contribution in [2.75, 3.05) is 0 Å². The van der Waals surface area contributed by atoms with Crippen LogP contribution in [0.4, 0.5) is 4.79 Å². The maximum absolute atomic E-state index is 11.1. The molecule has 2 amide bonds. The predicted octanol–water partition coefficient (Wildman–Crippen LogP) is 3.08. The third-order valence-corrected chi connectivity index (χ3v) is 4.80. The highest BCUT2D eigenvalue weighted by Crippen LogP contribution is 2.35. The molecule has 0 fully saturated rings. The molecule has 6 nitrogen and oxygen atoms in total. The average molecular weight is 335 g/mol.